The molecule has 2 heterocycles. The van der Waals surface area contributed by atoms with Gasteiger partial charge in [0.05, 0.1) is 23.7 Å². The molecule has 9 heteroatoms. The summed E-state index contributed by atoms with van der Waals surface area (Å²) in [6.45, 7) is 0.378. The molecular formula is C22H23N3O4S2. The Morgan fingerprint density at radius 3 is 2.35 bits per heavy atom. The molecule has 0 radical (unpaired) electrons. The van der Waals surface area contributed by atoms with Gasteiger partial charge >= 0.3 is 0 Å². The van der Waals surface area contributed by atoms with Gasteiger partial charge in [-0.3, -0.25) is 4.79 Å². The number of carbonyl (C=O) groups excluding carboxylic acids is 1. The molecule has 7 nitrogen and oxygen atoms in total. The normalized spacial score (nSPS) is 17.5. The first-order valence-electron chi connectivity index (χ1n) is 10.0. The Labute approximate surface area is 185 Å². The number of aromatic nitrogens is 2. The first kappa shape index (κ1) is 21.6. The van der Waals surface area contributed by atoms with Gasteiger partial charge in [0, 0.05) is 12.6 Å². The molecule has 0 saturated carbocycles. The molecule has 1 aliphatic heterocycles. The number of sulfone groups is 1. The van der Waals surface area contributed by atoms with Gasteiger partial charge in [0.15, 0.2) is 9.84 Å². The lowest BCUT2D eigenvalue weighted by Gasteiger charge is -2.28. The van der Waals surface area contributed by atoms with Crippen molar-refractivity contribution in [3.8, 4) is 0 Å². The van der Waals surface area contributed by atoms with Gasteiger partial charge in [-0.15, -0.1) is 10.2 Å². The Kier molecular flexibility index (Phi) is 6.72. The Morgan fingerprint density at radius 1 is 1.03 bits per heavy atom. The highest BCUT2D eigenvalue weighted by Gasteiger charge is 2.34. The molecule has 1 atom stereocenters. The summed E-state index contributed by atoms with van der Waals surface area (Å²) >= 11 is 1.18. The van der Waals surface area contributed by atoms with Crippen molar-refractivity contribution in [2.45, 2.75) is 30.7 Å². The van der Waals surface area contributed by atoms with Crippen LogP contribution in [0.5, 0.6) is 0 Å². The van der Waals surface area contributed by atoms with Crippen LogP contribution in [0.15, 0.2) is 70.3 Å². The zero-order valence-corrected chi connectivity index (χ0v) is 18.5. The van der Waals surface area contributed by atoms with Crippen molar-refractivity contribution in [2.75, 3.05) is 17.3 Å². The van der Waals surface area contributed by atoms with Crippen LogP contribution in [0.3, 0.4) is 0 Å². The molecule has 0 bridgehead atoms. The van der Waals surface area contributed by atoms with Crippen molar-refractivity contribution < 1.29 is 17.6 Å². The summed E-state index contributed by atoms with van der Waals surface area (Å²) in [5.41, 5.74) is 2.03. The smallest absolute Gasteiger partial charge is 0.277 e. The summed E-state index contributed by atoms with van der Waals surface area (Å²) in [5, 5.41) is 8.42. The van der Waals surface area contributed by atoms with E-state index in [1.54, 1.807) is 4.90 Å². The summed E-state index contributed by atoms with van der Waals surface area (Å²) in [7, 11) is -3.10. The Hall–Kier alpha value is -2.65. The van der Waals surface area contributed by atoms with E-state index in [2.05, 4.69) is 10.2 Å². The van der Waals surface area contributed by atoms with Crippen LogP contribution in [-0.2, 0) is 27.6 Å². The van der Waals surface area contributed by atoms with E-state index in [4.69, 9.17) is 4.42 Å². The SMILES string of the molecule is O=C(CSc1nnc(Cc2ccccc2)o1)N(Cc1ccccc1)[C@H]1CCS(=O)(=O)C1. The van der Waals surface area contributed by atoms with Crippen molar-refractivity contribution in [1.29, 1.82) is 0 Å². The average molecular weight is 458 g/mol. The van der Waals surface area contributed by atoms with Gasteiger partial charge < -0.3 is 9.32 Å². The number of nitrogens with zero attached hydrogens (tertiary/aromatic N) is 3. The fourth-order valence-corrected chi connectivity index (χ4v) is 5.96. The number of thioether (sulfide) groups is 1. The van der Waals surface area contributed by atoms with Crippen molar-refractivity contribution in [2.24, 2.45) is 0 Å². The number of hydrogen-bond acceptors (Lipinski definition) is 7. The summed E-state index contributed by atoms with van der Waals surface area (Å²) in [4.78, 5) is 14.7. The van der Waals surface area contributed by atoms with Crippen LogP contribution in [0.2, 0.25) is 0 Å². The lowest BCUT2D eigenvalue weighted by Crippen LogP contribution is -2.41. The van der Waals surface area contributed by atoms with E-state index in [0.717, 1.165) is 11.1 Å². The van der Waals surface area contributed by atoms with E-state index in [9.17, 15) is 13.2 Å². The molecular weight excluding hydrogens is 434 g/mol. The molecule has 2 aromatic carbocycles. The minimum absolute atomic E-state index is 0.0119. The van der Waals surface area contributed by atoms with Crippen molar-refractivity contribution >= 4 is 27.5 Å². The zero-order chi connectivity index (χ0) is 21.7. The Morgan fingerprint density at radius 2 is 1.71 bits per heavy atom. The lowest BCUT2D eigenvalue weighted by atomic mass is 10.1. The molecule has 0 spiro atoms. The highest BCUT2D eigenvalue weighted by molar-refractivity contribution is 7.99. The third-order valence-electron chi connectivity index (χ3n) is 5.13. The Balaban J connectivity index is 1.40. The van der Waals surface area contributed by atoms with E-state index < -0.39 is 9.84 Å². The van der Waals surface area contributed by atoms with E-state index in [-0.39, 0.29) is 29.2 Å². The van der Waals surface area contributed by atoms with Crippen LogP contribution >= 0.6 is 11.8 Å². The minimum atomic E-state index is -3.10. The van der Waals surface area contributed by atoms with Crippen molar-refractivity contribution in [1.82, 2.24) is 15.1 Å². The van der Waals surface area contributed by atoms with Gasteiger partial charge in [-0.05, 0) is 17.5 Å². The second-order valence-corrected chi connectivity index (χ2v) is 10.6. The summed E-state index contributed by atoms with van der Waals surface area (Å²) in [6.07, 6.45) is 0.996. The van der Waals surface area contributed by atoms with Crippen LogP contribution in [0.4, 0.5) is 0 Å². The number of hydrogen-bond donors (Lipinski definition) is 0. The molecule has 1 saturated heterocycles. The van der Waals surface area contributed by atoms with Crippen LogP contribution in [0, 0.1) is 0 Å². The second-order valence-electron chi connectivity index (χ2n) is 7.48. The van der Waals surface area contributed by atoms with Gasteiger partial charge in [-0.25, -0.2) is 8.42 Å². The third kappa shape index (κ3) is 5.95. The standard InChI is InChI=1S/C22H23N3O4S2/c26-21(15-30-22-24-23-20(29-22)13-17-7-3-1-4-8-17)25(14-18-9-5-2-6-10-18)19-11-12-31(27,28)16-19/h1-10,19H,11-16H2/t19-/m0/s1. The second kappa shape index (κ2) is 9.65. The maximum absolute atomic E-state index is 13.0. The van der Waals surface area contributed by atoms with Gasteiger partial charge in [0.25, 0.3) is 5.22 Å². The summed E-state index contributed by atoms with van der Waals surface area (Å²) in [6, 6.07) is 19.1. The molecule has 162 valence electrons. The highest BCUT2D eigenvalue weighted by Crippen LogP contribution is 2.23. The van der Waals surface area contributed by atoms with Crippen molar-refractivity contribution in [3.05, 3.63) is 77.7 Å². The fourth-order valence-electron chi connectivity index (χ4n) is 3.57. The molecule has 0 aliphatic carbocycles. The quantitative estimate of drug-likeness (QED) is 0.480. The monoisotopic (exact) mass is 457 g/mol. The van der Waals surface area contributed by atoms with Crippen LogP contribution in [-0.4, -0.2) is 52.7 Å². The Bertz CT molecular complexity index is 1120. The summed E-state index contributed by atoms with van der Waals surface area (Å²) in [5.74, 6) is 0.590. The van der Waals surface area contributed by atoms with E-state index in [1.807, 2.05) is 60.7 Å². The number of rotatable bonds is 8. The highest BCUT2D eigenvalue weighted by atomic mass is 32.2. The van der Waals surface area contributed by atoms with E-state index in [0.29, 0.717) is 30.5 Å². The number of carbonyl (C=O) groups is 1. The molecule has 1 amide bonds. The number of benzene rings is 2. The maximum atomic E-state index is 13.0. The topological polar surface area (TPSA) is 93.4 Å². The van der Waals surface area contributed by atoms with Crippen molar-refractivity contribution in [3.63, 3.8) is 0 Å². The van der Waals surface area contributed by atoms with Gasteiger partial charge in [0.2, 0.25) is 11.8 Å². The molecule has 1 fully saturated rings. The molecule has 1 aliphatic rings. The molecule has 0 N–H and O–H groups in total. The predicted octanol–water partition coefficient (Wildman–Crippen LogP) is 2.97. The molecule has 31 heavy (non-hydrogen) atoms. The molecule has 3 aromatic rings. The number of amides is 1. The van der Waals surface area contributed by atoms with Crippen LogP contribution < -0.4 is 0 Å². The molecule has 1 aromatic heterocycles. The zero-order valence-electron chi connectivity index (χ0n) is 16.9. The van der Waals surface area contributed by atoms with Crippen LogP contribution in [0.25, 0.3) is 0 Å². The lowest BCUT2D eigenvalue weighted by molar-refractivity contribution is -0.130. The molecule has 0 unspecified atom stereocenters. The van der Waals surface area contributed by atoms with Gasteiger partial charge in [-0.2, -0.15) is 0 Å². The fraction of sp³-hybridized carbons (Fsp3) is 0.318. The first-order valence-corrected chi connectivity index (χ1v) is 12.8. The minimum Gasteiger partial charge on any atom is -0.416 e. The molecule has 4 rings (SSSR count). The van der Waals surface area contributed by atoms with Crippen LogP contribution in [0.1, 0.15) is 23.4 Å². The van der Waals surface area contributed by atoms with Gasteiger partial charge in [-0.1, -0.05) is 72.4 Å². The largest absolute Gasteiger partial charge is 0.416 e. The summed E-state index contributed by atoms with van der Waals surface area (Å²) < 4.78 is 29.6. The first-order chi connectivity index (χ1) is 15.0. The average Bonchev–Trinajstić information content (AvgIpc) is 3.37. The maximum Gasteiger partial charge on any atom is 0.277 e. The van der Waals surface area contributed by atoms with E-state index >= 15 is 0 Å². The third-order valence-corrected chi connectivity index (χ3v) is 7.68. The predicted molar refractivity (Wildman–Crippen MR) is 118 cm³/mol. The van der Waals surface area contributed by atoms with E-state index in [1.165, 1.54) is 11.8 Å². The van der Waals surface area contributed by atoms with Gasteiger partial charge in [0.1, 0.15) is 0 Å².